The summed E-state index contributed by atoms with van der Waals surface area (Å²) in [5.41, 5.74) is 5.19. The molecule has 28 heavy (non-hydrogen) atoms. The third-order valence-corrected chi connectivity index (χ3v) is 5.24. The molecule has 0 unspecified atom stereocenters. The Morgan fingerprint density at radius 2 is 1.96 bits per heavy atom. The Labute approximate surface area is 167 Å². The highest BCUT2D eigenvalue weighted by Gasteiger charge is 2.12. The number of guanidine groups is 1. The van der Waals surface area contributed by atoms with Crippen LogP contribution in [0.25, 0.3) is 0 Å². The molecule has 2 aromatic carbocycles. The van der Waals surface area contributed by atoms with Crippen molar-refractivity contribution >= 4 is 11.6 Å². The van der Waals surface area contributed by atoms with Crippen molar-refractivity contribution in [2.24, 2.45) is 4.99 Å². The van der Waals surface area contributed by atoms with Crippen LogP contribution >= 0.6 is 0 Å². The molecule has 0 saturated heterocycles. The summed E-state index contributed by atoms with van der Waals surface area (Å²) >= 11 is 0. The SMILES string of the molecule is CN=C(NCCc1ccc2c(c1)CCO2)NCc1cccc(N2CC=CC2)c1. The first-order valence-corrected chi connectivity index (χ1v) is 10.00. The van der Waals surface area contributed by atoms with Crippen LogP contribution in [-0.4, -0.2) is 39.2 Å². The monoisotopic (exact) mass is 376 g/mol. The van der Waals surface area contributed by atoms with Gasteiger partial charge in [0.05, 0.1) is 6.61 Å². The second-order valence-electron chi connectivity index (χ2n) is 7.19. The highest BCUT2D eigenvalue weighted by molar-refractivity contribution is 5.79. The van der Waals surface area contributed by atoms with E-state index in [1.54, 1.807) is 0 Å². The highest BCUT2D eigenvalue weighted by Crippen LogP contribution is 2.25. The number of nitrogens with one attached hydrogen (secondary N) is 2. The third-order valence-electron chi connectivity index (χ3n) is 5.24. The van der Waals surface area contributed by atoms with Crippen molar-refractivity contribution in [3.05, 3.63) is 71.3 Å². The first kappa shape index (κ1) is 18.4. The molecule has 2 aliphatic heterocycles. The molecule has 2 heterocycles. The van der Waals surface area contributed by atoms with Crippen LogP contribution < -0.4 is 20.3 Å². The highest BCUT2D eigenvalue weighted by atomic mass is 16.5. The van der Waals surface area contributed by atoms with Gasteiger partial charge in [-0.15, -0.1) is 0 Å². The summed E-state index contributed by atoms with van der Waals surface area (Å²) in [7, 11) is 1.81. The Hall–Kier alpha value is -2.95. The molecule has 0 radical (unpaired) electrons. The summed E-state index contributed by atoms with van der Waals surface area (Å²) < 4.78 is 5.58. The fraction of sp³-hybridized carbons (Fsp3) is 0.348. The summed E-state index contributed by atoms with van der Waals surface area (Å²) in [4.78, 5) is 6.71. The van der Waals surface area contributed by atoms with E-state index in [0.29, 0.717) is 0 Å². The van der Waals surface area contributed by atoms with Crippen molar-refractivity contribution in [1.82, 2.24) is 10.6 Å². The number of aliphatic imine (C=N–C) groups is 1. The van der Waals surface area contributed by atoms with Crippen molar-refractivity contribution in [3.63, 3.8) is 0 Å². The lowest BCUT2D eigenvalue weighted by Gasteiger charge is -2.19. The molecule has 0 spiro atoms. The maximum atomic E-state index is 5.58. The van der Waals surface area contributed by atoms with Gasteiger partial charge in [0, 0.05) is 45.3 Å². The van der Waals surface area contributed by atoms with Gasteiger partial charge in [-0.3, -0.25) is 4.99 Å². The van der Waals surface area contributed by atoms with E-state index in [4.69, 9.17) is 4.74 Å². The molecule has 0 aliphatic carbocycles. The molecule has 2 aliphatic rings. The number of benzene rings is 2. The first-order chi connectivity index (χ1) is 13.8. The molecule has 2 aromatic rings. The molecule has 146 valence electrons. The average Bonchev–Trinajstić information content (AvgIpc) is 3.42. The number of hydrogen-bond acceptors (Lipinski definition) is 3. The van der Waals surface area contributed by atoms with Gasteiger partial charge >= 0.3 is 0 Å². The van der Waals surface area contributed by atoms with Crippen LogP contribution in [-0.2, 0) is 19.4 Å². The Morgan fingerprint density at radius 3 is 2.82 bits per heavy atom. The molecule has 0 aromatic heterocycles. The van der Waals surface area contributed by atoms with Gasteiger partial charge in [0.25, 0.3) is 0 Å². The fourth-order valence-electron chi connectivity index (χ4n) is 3.68. The van der Waals surface area contributed by atoms with E-state index < -0.39 is 0 Å². The molecule has 2 N–H and O–H groups in total. The number of rotatable bonds is 6. The van der Waals surface area contributed by atoms with Crippen LogP contribution in [0.1, 0.15) is 16.7 Å². The van der Waals surface area contributed by atoms with E-state index >= 15 is 0 Å². The minimum Gasteiger partial charge on any atom is -0.493 e. The summed E-state index contributed by atoms with van der Waals surface area (Å²) in [6, 6.07) is 15.2. The lowest BCUT2D eigenvalue weighted by Crippen LogP contribution is -2.37. The van der Waals surface area contributed by atoms with Crippen LogP contribution in [0.15, 0.2) is 59.6 Å². The Balaban J connectivity index is 1.25. The molecule has 4 rings (SSSR count). The first-order valence-electron chi connectivity index (χ1n) is 10.00. The van der Waals surface area contributed by atoms with E-state index in [2.05, 4.69) is 75.1 Å². The Kier molecular flexibility index (Phi) is 5.80. The Bertz CT molecular complexity index is 867. The average molecular weight is 377 g/mol. The van der Waals surface area contributed by atoms with Gasteiger partial charge in [0.1, 0.15) is 5.75 Å². The molecule has 0 saturated carbocycles. The lowest BCUT2D eigenvalue weighted by atomic mass is 10.1. The van der Waals surface area contributed by atoms with Crippen LogP contribution in [0.5, 0.6) is 5.75 Å². The molecule has 0 fully saturated rings. The molecular weight excluding hydrogens is 348 g/mol. The van der Waals surface area contributed by atoms with Crippen molar-refractivity contribution in [3.8, 4) is 5.75 Å². The largest absolute Gasteiger partial charge is 0.493 e. The number of hydrogen-bond donors (Lipinski definition) is 2. The zero-order valence-electron chi connectivity index (χ0n) is 16.4. The van der Waals surface area contributed by atoms with Crippen LogP contribution in [0.2, 0.25) is 0 Å². The predicted octanol–water partition coefficient (Wildman–Crippen LogP) is 2.91. The zero-order valence-corrected chi connectivity index (χ0v) is 16.4. The maximum Gasteiger partial charge on any atom is 0.191 e. The number of ether oxygens (including phenoxy) is 1. The van der Waals surface area contributed by atoms with Gasteiger partial charge in [0.15, 0.2) is 5.96 Å². The standard InChI is InChI=1S/C23H28N4O/c1-24-23(25-11-9-18-7-8-22-20(15-18)10-14-28-22)26-17-19-5-4-6-21(16-19)27-12-2-3-13-27/h2-8,15-16H,9-14,17H2,1H3,(H2,24,25,26). The van der Waals surface area contributed by atoms with Crippen LogP contribution in [0.4, 0.5) is 5.69 Å². The molecule has 0 bridgehead atoms. The second-order valence-corrected chi connectivity index (χ2v) is 7.19. The number of anilines is 1. The smallest absolute Gasteiger partial charge is 0.191 e. The number of nitrogens with zero attached hydrogens (tertiary/aromatic N) is 2. The van der Waals surface area contributed by atoms with Gasteiger partial charge in [-0.2, -0.15) is 0 Å². The van der Waals surface area contributed by atoms with Crippen molar-refractivity contribution < 1.29 is 4.74 Å². The summed E-state index contributed by atoms with van der Waals surface area (Å²) in [5.74, 6) is 1.87. The van der Waals surface area contributed by atoms with E-state index in [0.717, 1.165) is 57.3 Å². The fourth-order valence-corrected chi connectivity index (χ4v) is 3.68. The van der Waals surface area contributed by atoms with E-state index in [-0.39, 0.29) is 0 Å². The Morgan fingerprint density at radius 1 is 1.07 bits per heavy atom. The van der Waals surface area contributed by atoms with Crippen LogP contribution in [0.3, 0.4) is 0 Å². The molecule has 5 heteroatoms. The normalized spacial score (nSPS) is 15.5. The minimum absolute atomic E-state index is 0.755. The van der Waals surface area contributed by atoms with Crippen molar-refractivity contribution in [2.75, 3.05) is 38.2 Å². The molecule has 0 atom stereocenters. The molecule has 0 amide bonds. The quantitative estimate of drug-likeness (QED) is 0.462. The topological polar surface area (TPSA) is 48.9 Å². The lowest BCUT2D eigenvalue weighted by molar-refractivity contribution is 0.357. The predicted molar refractivity (Wildman–Crippen MR) is 115 cm³/mol. The minimum atomic E-state index is 0.755. The van der Waals surface area contributed by atoms with Gasteiger partial charge < -0.3 is 20.3 Å². The van der Waals surface area contributed by atoms with Crippen LogP contribution in [0, 0.1) is 0 Å². The van der Waals surface area contributed by atoms with Gasteiger partial charge in [-0.1, -0.05) is 36.4 Å². The summed E-state index contributed by atoms with van der Waals surface area (Å²) in [5, 5.41) is 6.83. The summed E-state index contributed by atoms with van der Waals surface area (Å²) in [6.07, 6.45) is 6.41. The number of fused-ring (bicyclic) bond motifs is 1. The third kappa shape index (κ3) is 4.47. The molecule has 5 nitrogen and oxygen atoms in total. The molecular formula is C23H28N4O. The van der Waals surface area contributed by atoms with Gasteiger partial charge in [-0.25, -0.2) is 0 Å². The van der Waals surface area contributed by atoms with E-state index in [1.807, 2.05) is 7.05 Å². The van der Waals surface area contributed by atoms with E-state index in [9.17, 15) is 0 Å². The van der Waals surface area contributed by atoms with Gasteiger partial charge in [0.2, 0.25) is 0 Å². The van der Waals surface area contributed by atoms with Gasteiger partial charge in [-0.05, 0) is 41.3 Å². The maximum absolute atomic E-state index is 5.58. The van der Waals surface area contributed by atoms with Crippen molar-refractivity contribution in [1.29, 1.82) is 0 Å². The van der Waals surface area contributed by atoms with Crippen molar-refractivity contribution in [2.45, 2.75) is 19.4 Å². The zero-order chi connectivity index (χ0) is 19.2. The summed E-state index contributed by atoms with van der Waals surface area (Å²) in [6.45, 7) is 4.40. The van der Waals surface area contributed by atoms with E-state index in [1.165, 1.54) is 22.4 Å². The second kappa shape index (κ2) is 8.83.